The quantitative estimate of drug-likeness (QED) is 0.794. The van der Waals surface area contributed by atoms with Crippen LogP contribution in [-0.4, -0.2) is 19.5 Å². The number of nitriles is 1. The van der Waals surface area contributed by atoms with Crippen molar-refractivity contribution in [3.8, 4) is 6.07 Å². The van der Waals surface area contributed by atoms with Gasteiger partial charge in [-0.25, -0.2) is 0 Å². The van der Waals surface area contributed by atoms with Gasteiger partial charge in [0.25, 0.3) is 5.91 Å². The Labute approximate surface area is 123 Å². The fourth-order valence-electron chi connectivity index (χ4n) is 2.75. The molecule has 0 aromatic carbocycles. The number of hydrogen-bond donors (Lipinski definition) is 3. The first-order valence-corrected chi connectivity index (χ1v) is 7.66. The van der Waals surface area contributed by atoms with E-state index in [1.54, 1.807) is 7.05 Å². The lowest BCUT2D eigenvalue weighted by Crippen LogP contribution is -2.21. The highest BCUT2D eigenvalue weighted by Crippen LogP contribution is 2.36. The molecule has 1 saturated carbocycles. The molecule has 2 atom stereocenters. The molecular formula is C14H20N4OS. The second kappa shape index (κ2) is 6.14. The Balaban J connectivity index is 2.14. The summed E-state index contributed by atoms with van der Waals surface area (Å²) in [7, 11) is 1.56. The zero-order chi connectivity index (χ0) is 14.7. The van der Waals surface area contributed by atoms with Gasteiger partial charge < -0.3 is 16.4 Å². The van der Waals surface area contributed by atoms with Crippen molar-refractivity contribution in [2.24, 2.45) is 11.8 Å². The number of nitrogens with two attached hydrogens (primary N) is 1. The molecule has 1 aliphatic carbocycles. The Hall–Kier alpha value is -1.74. The molecule has 1 aliphatic rings. The van der Waals surface area contributed by atoms with Crippen LogP contribution in [-0.2, 0) is 0 Å². The summed E-state index contributed by atoms with van der Waals surface area (Å²) in [4.78, 5) is 12.3. The van der Waals surface area contributed by atoms with Crippen LogP contribution < -0.4 is 16.4 Å². The molecule has 6 heteroatoms. The summed E-state index contributed by atoms with van der Waals surface area (Å²) in [5, 5.41) is 15.6. The van der Waals surface area contributed by atoms with Crippen molar-refractivity contribution in [3.05, 3.63) is 10.4 Å². The lowest BCUT2D eigenvalue weighted by Gasteiger charge is -2.12. The minimum Gasteiger partial charge on any atom is -0.396 e. The van der Waals surface area contributed by atoms with Crippen LogP contribution in [0.15, 0.2) is 0 Å². The highest BCUT2D eigenvalue weighted by atomic mass is 32.1. The van der Waals surface area contributed by atoms with Crippen molar-refractivity contribution >= 4 is 27.9 Å². The van der Waals surface area contributed by atoms with Gasteiger partial charge in [0, 0.05) is 13.6 Å². The lowest BCUT2D eigenvalue weighted by molar-refractivity contribution is 0.0965. The average Bonchev–Trinajstić information content (AvgIpc) is 2.99. The van der Waals surface area contributed by atoms with E-state index in [1.165, 1.54) is 30.6 Å². The van der Waals surface area contributed by atoms with Gasteiger partial charge in [0.15, 0.2) is 0 Å². The van der Waals surface area contributed by atoms with Crippen molar-refractivity contribution in [2.45, 2.75) is 26.2 Å². The Morgan fingerprint density at radius 2 is 2.30 bits per heavy atom. The van der Waals surface area contributed by atoms with Gasteiger partial charge in [-0.3, -0.25) is 4.79 Å². The molecule has 0 bridgehead atoms. The van der Waals surface area contributed by atoms with Gasteiger partial charge in [-0.2, -0.15) is 5.26 Å². The number of nitrogens with one attached hydrogen (secondary N) is 2. The predicted octanol–water partition coefficient (Wildman–Crippen LogP) is 2.41. The van der Waals surface area contributed by atoms with E-state index in [0.29, 0.717) is 21.4 Å². The fourth-order valence-corrected chi connectivity index (χ4v) is 3.67. The molecule has 2 unspecified atom stereocenters. The first kappa shape index (κ1) is 14.7. The number of amides is 1. The van der Waals surface area contributed by atoms with Crippen molar-refractivity contribution in [3.63, 3.8) is 0 Å². The number of hydrogen-bond acceptors (Lipinski definition) is 5. The summed E-state index contributed by atoms with van der Waals surface area (Å²) in [5.74, 6) is 1.17. The van der Waals surface area contributed by atoms with Crippen LogP contribution in [0.25, 0.3) is 0 Å². The molecule has 1 amide bonds. The highest BCUT2D eigenvalue weighted by Gasteiger charge is 2.24. The van der Waals surface area contributed by atoms with E-state index in [-0.39, 0.29) is 11.6 Å². The third-order valence-electron chi connectivity index (χ3n) is 3.86. The maximum atomic E-state index is 11.9. The van der Waals surface area contributed by atoms with E-state index < -0.39 is 0 Å². The molecule has 108 valence electrons. The molecular weight excluding hydrogens is 272 g/mol. The van der Waals surface area contributed by atoms with Crippen LogP contribution >= 0.6 is 11.3 Å². The van der Waals surface area contributed by atoms with Crippen molar-refractivity contribution in [1.29, 1.82) is 5.26 Å². The predicted molar refractivity (Wildman–Crippen MR) is 81.8 cm³/mol. The van der Waals surface area contributed by atoms with Crippen LogP contribution in [0.5, 0.6) is 0 Å². The standard InChI is InChI=1S/C14H20N4OS/c1-8-3-4-9(5-8)7-18-14-11(13(19)17-2)12(16)10(6-15)20-14/h8-9,18H,3-5,7,16H2,1-2H3,(H,17,19). The summed E-state index contributed by atoms with van der Waals surface area (Å²) >= 11 is 1.26. The summed E-state index contributed by atoms with van der Waals surface area (Å²) in [6, 6.07) is 2.04. The van der Waals surface area contributed by atoms with Gasteiger partial charge in [0.1, 0.15) is 15.9 Å². The normalized spacial score (nSPS) is 21.4. The monoisotopic (exact) mass is 292 g/mol. The minimum atomic E-state index is -0.248. The number of nitrogen functional groups attached to an aromatic ring is 1. The smallest absolute Gasteiger partial charge is 0.256 e. The molecule has 1 heterocycles. The summed E-state index contributed by atoms with van der Waals surface area (Å²) in [6.45, 7) is 3.10. The third-order valence-corrected chi connectivity index (χ3v) is 4.92. The Bertz CT molecular complexity index is 546. The average molecular weight is 292 g/mol. The topological polar surface area (TPSA) is 90.9 Å². The molecule has 1 fully saturated rings. The maximum Gasteiger partial charge on any atom is 0.256 e. The van der Waals surface area contributed by atoms with Crippen LogP contribution in [0, 0.1) is 23.2 Å². The second-order valence-corrected chi connectivity index (χ2v) is 6.43. The van der Waals surface area contributed by atoms with Gasteiger partial charge >= 0.3 is 0 Å². The van der Waals surface area contributed by atoms with Crippen LogP contribution in [0.2, 0.25) is 0 Å². The van der Waals surface area contributed by atoms with Crippen molar-refractivity contribution < 1.29 is 4.79 Å². The van der Waals surface area contributed by atoms with Gasteiger partial charge in [0.05, 0.1) is 11.3 Å². The second-order valence-electron chi connectivity index (χ2n) is 5.41. The molecule has 5 nitrogen and oxygen atoms in total. The van der Waals surface area contributed by atoms with Crippen LogP contribution in [0.3, 0.4) is 0 Å². The molecule has 1 aromatic rings. The number of carbonyl (C=O) groups excluding carboxylic acids is 1. The van der Waals surface area contributed by atoms with Crippen LogP contribution in [0.1, 0.15) is 41.4 Å². The number of rotatable bonds is 4. The molecule has 0 radical (unpaired) electrons. The molecule has 20 heavy (non-hydrogen) atoms. The molecule has 4 N–H and O–H groups in total. The third kappa shape index (κ3) is 2.88. The molecule has 1 aromatic heterocycles. The summed E-state index contributed by atoms with van der Waals surface area (Å²) in [5.41, 5.74) is 6.56. The van der Waals surface area contributed by atoms with Crippen LogP contribution in [0.4, 0.5) is 10.7 Å². The number of thiophene rings is 1. The van der Waals surface area contributed by atoms with E-state index in [1.807, 2.05) is 6.07 Å². The molecule has 0 aliphatic heterocycles. The molecule has 0 saturated heterocycles. The fraction of sp³-hybridized carbons (Fsp3) is 0.571. The summed E-state index contributed by atoms with van der Waals surface area (Å²) in [6.07, 6.45) is 3.70. The summed E-state index contributed by atoms with van der Waals surface area (Å²) < 4.78 is 0. The van der Waals surface area contributed by atoms with E-state index in [2.05, 4.69) is 17.6 Å². The lowest BCUT2D eigenvalue weighted by atomic mass is 10.1. The van der Waals surface area contributed by atoms with Crippen molar-refractivity contribution in [2.75, 3.05) is 24.6 Å². The number of anilines is 2. The van der Waals surface area contributed by atoms with Crippen molar-refractivity contribution in [1.82, 2.24) is 5.32 Å². The van der Waals surface area contributed by atoms with E-state index in [9.17, 15) is 4.79 Å². The number of nitrogens with zero attached hydrogens (tertiary/aromatic N) is 1. The van der Waals surface area contributed by atoms with Gasteiger partial charge in [-0.15, -0.1) is 11.3 Å². The Morgan fingerprint density at radius 1 is 1.55 bits per heavy atom. The van der Waals surface area contributed by atoms with Gasteiger partial charge in [0.2, 0.25) is 0 Å². The first-order valence-electron chi connectivity index (χ1n) is 6.85. The maximum absolute atomic E-state index is 11.9. The Kier molecular flexibility index (Phi) is 4.50. The van der Waals surface area contributed by atoms with E-state index in [4.69, 9.17) is 11.0 Å². The molecule has 2 rings (SSSR count). The first-order chi connectivity index (χ1) is 9.56. The molecule has 0 spiro atoms. The zero-order valence-electron chi connectivity index (χ0n) is 11.8. The van der Waals surface area contributed by atoms with E-state index in [0.717, 1.165) is 12.5 Å². The van der Waals surface area contributed by atoms with Gasteiger partial charge in [-0.1, -0.05) is 13.3 Å². The highest BCUT2D eigenvalue weighted by molar-refractivity contribution is 7.17. The Morgan fingerprint density at radius 3 is 2.85 bits per heavy atom. The largest absolute Gasteiger partial charge is 0.396 e. The minimum absolute atomic E-state index is 0.248. The SMILES string of the molecule is CNC(=O)c1c(NCC2CCC(C)C2)sc(C#N)c1N. The number of carbonyl (C=O) groups is 1. The zero-order valence-corrected chi connectivity index (χ0v) is 12.6. The van der Waals surface area contributed by atoms with E-state index >= 15 is 0 Å². The van der Waals surface area contributed by atoms with Gasteiger partial charge in [-0.05, 0) is 24.7 Å².